The molecule has 1 unspecified atom stereocenters. The van der Waals surface area contributed by atoms with Gasteiger partial charge in [-0.3, -0.25) is 4.79 Å². The third-order valence-electron chi connectivity index (χ3n) is 3.49. The van der Waals surface area contributed by atoms with Crippen LogP contribution in [0.4, 0.5) is 5.82 Å². The van der Waals surface area contributed by atoms with Gasteiger partial charge in [-0.05, 0) is 12.1 Å². The Balaban J connectivity index is 2.25. The molecule has 3 N–H and O–H groups in total. The Bertz CT molecular complexity index is 525. The van der Waals surface area contributed by atoms with Crippen molar-refractivity contribution < 1.29 is 14.6 Å². The smallest absolute Gasteiger partial charge is 0.254 e. The molecule has 6 heteroatoms. The van der Waals surface area contributed by atoms with Gasteiger partial charge in [0, 0.05) is 29.8 Å². The molecule has 0 saturated carbocycles. The van der Waals surface area contributed by atoms with E-state index in [1.165, 1.54) is 0 Å². The highest BCUT2D eigenvalue weighted by molar-refractivity contribution is 5.95. The van der Waals surface area contributed by atoms with Gasteiger partial charge in [0.05, 0.1) is 19.3 Å². The van der Waals surface area contributed by atoms with Crippen molar-refractivity contribution in [2.45, 2.75) is 32.3 Å². The van der Waals surface area contributed by atoms with E-state index >= 15 is 0 Å². The standard InChI is InChI=1S/C15H23N3O3/c1-15(2,3)12-6-10(7-13(16)17-12)14(20)18-4-5-21-11(8-18)9-19/h6-7,11,19H,4-5,8-9H2,1-3H3,(H2,16,17). The number of aromatic nitrogens is 1. The van der Waals surface area contributed by atoms with E-state index in [1.54, 1.807) is 17.0 Å². The predicted molar refractivity (Wildman–Crippen MR) is 80.1 cm³/mol. The fourth-order valence-corrected chi connectivity index (χ4v) is 2.26. The molecule has 1 aliphatic heterocycles. The first-order valence-electron chi connectivity index (χ1n) is 7.11. The van der Waals surface area contributed by atoms with Gasteiger partial charge in [-0.25, -0.2) is 4.98 Å². The van der Waals surface area contributed by atoms with Gasteiger partial charge < -0.3 is 20.5 Å². The van der Waals surface area contributed by atoms with E-state index < -0.39 is 0 Å². The van der Waals surface area contributed by atoms with E-state index in [-0.39, 0.29) is 24.0 Å². The molecule has 1 amide bonds. The van der Waals surface area contributed by atoms with Crippen molar-refractivity contribution in [2.24, 2.45) is 0 Å². The number of pyridine rings is 1. The van der Waals surface area contributed by atoms with E-state index in [0.717, 1.165) is 5.69 Å². The van der Waals surface area contributed by atoms with Crippen LogP contribution in [0.3, 0.4) is 0 Å². The Hall–Kier alpha value is -1.66. The number of carbonyl (C=O) groups excluding carboxylic acids is 1. The van der Waals surface area contributed by atoms with Crippen molar-refractivity contribution in [3.8, 4) is 0 Å². The van der Waals surface area contributed by atoms with Gasteiger partial charge in [0.25, 0.3) is 5.91 Å². The number of carbonyl (C=O) groups is 1. The second-order valence-electron chi connectivity index (χ2n) is 6.34. The van der Waals surface area contributed by atoms with Crippen LogP contribution in [0.25, 0.3) is 0 Å². The molecule has 6 nitrogen and oxygen atoms in total. The van der Waals surface area contributed by atoms with E-state index in [4.69, 9.17) is 15.6 Å². The van der Waals surface area contributed by atoms with Gasteiger partial charge in [-0.1, -0.05) is 20.8 Å². The maximum Gasteiger partial charge on any atom is 0.254 e. The molecule has 1 aromatic rings. The minimum absolute atomic E-state index is 0.0878. The summed E-state index contributed by atoms with van der Waals surface area (Å²) >= 11 is 0. The topological polar surface area (TPSA) is 88.7 Å². The van der Waals surface area contributed by atoms with Crippen LogP contribution in [0, 0.1) is 0 Å². The predicted octanol–water partition coefficient (Wildman–Crippen LogP) is 0.795. The van der Waals surface area contributed by atoms with Crippen LogP contribution < -0.4 is 5.73 Å². The highest BCUT2D eigenvalue weighted by Crippen LogP contribution is 2.23. The molecule has 2 rings (SSSR count). The van der Waals surface area contributed by atoms with Crippen LogP contribution in [-0.2, 0) is 10.2 Å². The molecule has 1 atom stereocenters. The molecular weight excluding hydrogens is 270 g/mol. The number of morpholine rings is 1. The number of aliphatic hydroxyl groups excluding tert-OH is 1. The molecule has 1 saturated heterocycles. The van der Waals surface area contributed by atoms with Crippen molar-refractivity contribution in [1.29, 1.82) is 0 Å². The molecule has 0 aromatic carbocycles. The SMILES string of the molecule is CC(C)(C)c1cc(C(=O)N2CCOC(CO)C2)cc(N)n1. The molecule has 0 bridgehead atoms. The van der Waals surface area contributed by atoms with Crippen molar-refractivity contribution in [2.75, 3.05) is 32.0 Å². The monoisotopic (exact) mass is 293 g/mol. The number of nitrogen functional groups attached to an aromatic ring is 1. The molecule has 1 aromatic heterocycles. The molecule has 0 spiro atoms. The number of amides is 1. The zero-order chi connectivity index (χ0) is 15.6. The molecular formula is C15H23N3O3. The largest absolute Gasteiger partial charge is 0.394 e. The summed E-state index contributed by atoms with van der Waals surface area (Å²) in [5.41, 5.74) is 6.98. The summed E-state index contributed by atoms with van der Waals surface area (Å²) in [6.07, 6.45) is -0.316. The highest BCUT2D eigenvalue weighted by Gasteiger charge is 2.26. The highest BCUT2D eigenvalue weighted by atomic mass is 16.5. The summed E-state index contributed by atoms with van der Waals surface area (Å²) in [7, 11) is 0. The average molecular weight is 293 g/mol. The van der Waals surface area contributed by atoms with Gasteiger partial charge in [0.1, 0.15) is 5.82 Å². The number of nitrogens with two attached hydrogens (primary N) is 1. The zero-order valence-corrected chi connectivity index (χ0v) is 12.8. The first-order chi connectivity index (χ1) is 9.81. The normalized spacial score (nSPS) is 19.6. The molecule has 2 heterocycles. The molecule has 0 radical (unpaired) electrons. The van der Waals surface area contributed by atoms with Crippen molar-refractivity contribution in [1.82, 2.24) is 9.88 Å². The Labute approximate surface area is 124 Å². The third kappa shape index (κ3) is 3.71. The summed E-state index contributed by atoms with van der Waals surface area (Å²) in [5, 5.41) is 9.16. The summed E-state index contributed by atoms with van der Waals surface area (Å²) in [4.78, 5) is 18.6. The van der Waals surface area contributed by atoms with Crippen molar-refractivity contribution in [3.05, 3.63) is 23.4 Å². The van der Waals surface area contributed by atoms with Crippen LogP contribution in [-0.4, -0.2) is 53.3 Å². The van der Waals surface area contributed by atoms with E-state index in [9.17, 15) is 4.79 Å². The van der Waals surface area contributed by atoms with E-state index in [2.05, 4.69) is 4.98 Å². The van der Waals surface area contributed by atoms with E-state index in [0.29, 0.717) is 31.1 Å². The minimum atomic E-state index is -0.316. The van der Waals surface area contributed by atoms with Gasteiger partial charge >= 0.3 is 0 Å². The molecule has 1 aliphatic rings. The lowest BCUT2D eigenvalue weighted by molar-refractivity contribution is -0.0447. The second kappa shape index (κ2) is 5.99. The summed E-state index contributed by atoms with van der Waals surface area (Å²) in [6.45, 7) is 7.34. The number of aliphatic hydroxyl groups is 1. The number of rotatable bonds is 2. The number of nitrogens with zero attached hydrogens (tertiary/aromatic N) is 2. The molecule has 116 valence electrons. The van der Waals surface area contributed by atoms with Crippen LogP contribution in [0.1, 0.15) is 36.8 Å². The lowest BCUT2D eigenvalue weighted by atomic mass is 9.90. The molecule has 0 aliphatic carbocycles. The third-order valence-corrected chi connectivity index (χ3v) is 3.49. The zero-order valence-electron chi connectivity index (χ0n) is 12.8. The Morgan fingerprint density at radius 3 is 2.86 bits per heavy atom. The Morgan fingerprint density at radius 1 is 1.52 bits per heavy atom. The van der Waals surface area contributed by atoms with Crippen LogP contribution >= 0.6 is 0 Å². The van der Waals surface area contributed by atoms with Crippen LogP contribution in [0.5, 0.6) is 0 Å². The van der Waals surface area contributed by atoms with Gasteiger partial charge in [0.15, 0.2) is 0 Å². The van der Waals surface area contributed by atoms with Gasteiger partial charge in [-0.15, -0.1) is 0 Å². The van der Waals surface area contributed by atoms with Crippen LogP contribution in [0.15, 0.2) is 12.1 Å². The summed E-state index contributed by atoms with van der Waals surface area (Å²) < 4.78 is 5.36. The lowest BCUT2D eigenvalue weighted by Gasteiger charge is -2.32. The van der Waals surface area contributed by atoms with Gasteiger partial charge in [-0.2, -0.15) is 0 Å². The molecule has 21 heavy (non-hydrogen) atoms. The minimum Gasteiger partial charge on any atom is -0.394 e. The lowest BCUT2D eigenvalue weighted by Crippen LogP contribution is -2.47. The van der Waals surface area contributed by atoms with Crippen LogP contribution in [0.2, 0.25) is 0 Å². The maximum atomic E-state index is 12.6. The first-order valence-corrected chi connectivity index (χ1v) is 7.11. The number of hydrogen-bond donors (Lipinski definition) is 2. The number of hydrogen-bond acceptors (Lipinski definition) is 5. The Morgan fingerprint density at radius 2 is 2.24 bits per heavy atom. The quantitative estimate of drug-likeness (QED) is 0.842. The fourth-order valence-electron chi connectivity index (χ4n) is 2.26. The maximum absolute atomic E-state index is 12.6. The number of anilines is 1. The summed E-state index contributed by atoms with van der Waals surface area (Å²) in [5.74, 6) is 0.245. The van der Waals surface area contributed by atoms with E-state index in [1.807, 2.05) is 20.8 Å². The Kier molecular flexibility index (Phi) is 4.49. The second-order valence-corrected chi connectivity index (χ2v) is 6.34. The number of ether oxygens (including phenoxy) is 1. The van der Waals surface area contributed by atoms with Crippen molar-refractivity contribution >= 4 is 11.7 Å². The summed E-state index contributed by atoms with van der Waals surface area (Å²) in [6, 6.07) is 3.39. The fraction of sp³-hybridized carbons (Fsp3) is 0.600. The first kappa shape index (κ1) is 15.7. The van der Waals surface area contributed by atoms with Gasteiger partial charge in [0.2, 0.25) is 0 Å². The van der Waals surface area contributed by atoms with Crippen molar-refractivity contribution in [3.63, 3.8) is 0 Å². The molecule has 1 fully saturated rings. The average Bonchev–Trinajstić information content (AvgIpc) is 2.45.